The van der Waals surface area contributed by atoms with Gasteiger partial charge in [0.05, 0.1) is 0 Å². The van der Waals surface area contributed by atoms with Crippen molar-refractivity contribution >= 4 is 17.5 Å². The molecule has 0 aliphatic heterocycles. The summed E-state index contributed by atoms with van der Waals surface area (Å²) in [4.78, 5) is 24.7. The van der Waals surface area contributed by atoms with E-state index in [9.17, 15) is 9.59 Å². The number of anilines is 1. The second-order valence-corrected chi connectivity index (χ2v) is 7.45. The Morgan fingerprint density at radius 3 is 2.37 bits per heavy atom. The van der Waals surface area contributed by atoms with E-state index >= 15 is 0 Å². The van der Waals surface area contributed by atoms with Gasteiger partial charge in [-0.1, -0.05) is 43.5 Å². The van der Waals surface area contributed by atoms with Crippen LogP contribution in [0.25, 0.3) is 0 Å². The maximum absolute atomic E-state index is 12.5. The van der Waals surface area contributed by atoms with Crippen LogP contribution >= 0.6 is 0 Å². The molecule has 3 rings (SSSR count). The number of benzene rings is 2. The Hall–Kier alpha value is -2.62. The first kappa shape index (κ1) is 19.2. The van der Waals surface area contributed by atoms with Crippen molar-refractivity contribution in [3.8, 4) is 0 Å². The summed E-state index contributed by atoms with van der Waals surface area (Å²) in [5.74, 6) is 0.203. The van der Waals surface area contributed by atoms with E-state index in [0.717, 1.165) is 48.1 Å². The molecule has 4 nitrogen and oxygen atoms in total. The molecule has 0 unspecified atom stereocenters. The Kier molecular flexibility index (Phi) is 6.28. The summed E-state index contributed by atoms with van der Waals surface area (Å²) in [7, 11) is 0. The normalized spacial score (nSPS) is 14.6. The van der Waals surface area contributed by atoms with Crippen molar-refractivity contribution in [3.05, 3.63) is 64.7 Å². The number of nitrogens with one attached hydrogen (secondary N) is 2. The lowest BCUT2D eigenvalue weighted by atomic mass is 9.88. The van der Waals surface area contributed by atoms with Gasteiger partial charge in [-0.3, -0.25) is 9.59 Å². The molecule has 1 aliphatic rings. The Balaban J connectivity index is 1.55. The summed E-state index contributed by atoms with van der Waals surface area (Å²) in [6, 6.07) is 13.3. The topological polar surface area (TPSA) is 58.2 Å². The molecular weight excluding hydrogens is 336 g/mol. The van der Waals surface area contributed by atoms with E-state index in [-0.39, 0.29) is 17.7 Å². The highest BCUT2D eigenvalue weighted by Crippen LogP contribution is 2.23. The summed E-state index contributed by atoms with van der Waals surface area (Å²) in [6.07, 6.45) is 5.56. The molecule has 0 spiro atoms. The maximum Gasteiger partial charge on any atom is 0.255 e. The van der Waals surface area contributed by atoms with Crippen LogP contribution in [0.2, 0.25) is 0 Å². The number of carbonyl (C=O) groups is 2. The summed E-state index contributed by atoms with van der Waals surface area (Å²) < 4.78 is 0. The molecular formula is C23H28N2O2. The molecule has 0 radical (unpaired) electrons. The molecule has 0 saturated heterocycles. The third-order valence-corrected chi connectivity index (χ3v) is 5.51. The van der Waals surface area contributed by atoms with Crippen LogP contribution in [0.15, 0.2) is 42.5 Å². The van der Waals surface area contributed by atoms with Gasteiger partial charge in [-0.15, -0.1) is 0 Å². The SMILES string of the molecule is Cc1cccc(NC(=O)c2ccc(CNC(=O)C3CCCCC3)cc2)c1C. The maximum atomic E-state index is 12.5. The fraction of sp³-hybridized carbons (Fsp3) is 0.391. The van der Waals surface area contributed by atoms with Crippen LogP contribution in [-0.4, -0.2) is 11.8 Å². The van der Waals surface area contributed by atoms with Crippen LogP contribution < -0.4 is 10.6 Å². The Morgan fingerprint density at radius 1 is 0.963 bits per heavy atom. The van der Waals surface area contributed by atoms with Crippen molar-refractivity contribution in [2.24, 2.45) is 5.92 Å². The first-order valence-corrected chi connectivity index (χ1v) is 9.79. The van der Waals surface area contributed by atoms with E-state index in [1.165, 1.54) is 6.42 Å². The van der Waals surface area contributed by atoms with E-state index in [1.807, 2.05) is 56.3 Å². The zero-order valence-electron chi connectivity index (χ0n) is 16.2. The molecule has 0 bridgehead atoms. The van der Waals surface area contributed by atoms with Gasteiger partial charge in [-0.05, 0) is 61.6 Å². The lowest BCUT2D eigenvalue weighted by molar-refractivity contribution is -0.126. The first-order chi connectivity index (χ1) is 13.0. The third kappa shape index (κ3) is 4.97. The van der Waals surface area contributed by atoms with Crippen molar-refractivity contribution < 1.29 is 9.59 Å². The molecule has 1 saturated carbocycles. The fourth-order valence-corrected chi connectivity index (χ4v) is 3.55. The molecule has 2 N–H and O–H groups in total. The van der Waals surface area contributed by atoms with Crippen LogP contribution in [0.3, 0.4) is 0 Å². The monoisotopic (exact) mass is 364 g/mol. The van der Waals surface area contributed by atoms with Crippen LogP contribution in [0.1, 0.15) is 59.2 Å². The standard InChI is InChI=1S/C23H28N2O2/c1-16-7-6-10-21(17(16)2)25-23(27)20-13-11-18(12-14-20)15-24-22(26)19-8-4-3-5-9-19/h6-7,10-14,19H,3-5,8-9,15H2,1-2H3,(H,24,26)(H,25,27). The smallest absolute Gasteiger partial charge is 0.255 e. The molecule has 2 amide bonds. The third-order valence-electron chi connectivity index (χ3n) is 5.51. The van der Waals surface area contributed by atoms with E-state index in [0.29, 0.717) is 12.1 Å². The minimum atomic E-state index is -0.124. The summed E-state index contributed by atoms with van der Waals surface area (Å²) in [6.45, 7) is 4.54. The highest BCUT2D eigenvalue weighted by molar-refractivity contribution is 6.04. The Bertz CT molecular complexity index is 806. The molecule has 0 aromatic heterocycles. The van der Waals surface area contributed by atoms with Crippen molar-refractivity contribution in [1.82, 2.24) is 5.32 Å². The Morgan fingerprint density at radius 2 is 1.67 bits per heavy atom. The van der Waals surface area contributed by atoms with Gasteiger partial charge < -0.3 is 10.6 Å². The van der Waals surface area contributed by atoms with Crippen molar-refractivity contribution in [3.63, 3.8) is 0 Å². The quantitative estimate of drug-likeness (QED) is 0.804. The average molecular weight is 364 g/mol. The van der Waals surface area contributed by atoms with Crippen LogP contribution in [0.5, 0.6) is 0 Å². The minimum Gasteiger partial charge on any atom is -0.352 e. The van der Waals surface area contributed by atoms with E-state index in [2.05, 4.69) is 10.6 Å². The van der Waals surface area contributed by atoms with E-state index < -0.39 is 0 Å². The number of amides is 2. The molecule has 2 aromatic rings. The molecule has 142 valence electrons. The molecule has 27 heavy (non-hydrogen) atoms. The number of hydrogen-bond donors (Lipinski definition) is 2. The number of carbonyl (C=O) groups excluding carboxylic acids is 2. The van der Waals surface area contributed by atoms with Gasteiger partial charge >= 0.3 is 0 Å². The molecule has 1 fully saturated rings. The van der Waals surface area contributed by atoms with Gasteiger partial charge in [0, 0.05) is 23.7 Å². The zero-order valence-corrected chi connectivity index (χ0v) is 16.2. The van der Waals surface area contributed by atoms with Crippen LogP contribution in [-0.2, 0) is 11.3 Å². The van der Waals surface area contributed by atoms with Crippen molar-refractivity contribution in [1.29, 1.82) is 0 Å². The molecule has 1 aliphatic carbocycles. The van der Waals surface area contributed by atoms with E-state index in [1.54, 1.807) is 0 Å². The number of aryl methyl sites for hydroxylation is 1. The Labute approximate surface area is 161 Å². The predicted molar refractivity (Wildman–Crippen MR) is 109 cm³/mol. The lowest BCUT2D eigenvalue weighted by Crippen LogP contribution is -2.31. The lowest BCUT2D eigenvalue weighted by Gasteiger charge is -2.20. The highest BCUT2D eigenvalue weighted by atomic mass is 16.2. The minimum absolute atomic E-state index is 0.124. The average Bonchev–Trinajstić information content (AvgIpc) is 2.70. The summed E-state index contributed by atoms with van der Waals surface area (Å²) in [5, 5.41) is 6.00. The second kappa shape index (κ2) is 8.85. The van der Waals surface area contributed by atoms with Crippen molar-refractivity contribution in [2.75, 3.05) is 5.32 Å². The largest absolute Gasteiger partial charge is 0.352 e. The van der Waals surface area contributed by atoms with Gasteiger partial charge in [0.15, 0.2) is 0 Å². The van der Waals surface area contributed by atoms with Gasteiger partial charge in [-0.25, -0.2) is 0 Å². The number of rotatable bonds is 5. The molecule has 2 aromatic carbocycles. The zero-order chi connectivity index (χ0) is 19.2. The van der Waals surface area contributed by atoms with Gasteiger partial charge in [-0.2, -0.15) is 0 Å². The van der Waals surface area contributed by atoms with Crippen molar-refractivity contribution in [2.45, 2.75) is 52.5 Å². The first-order valence-electron chi connectivity index (χ1n) is 9.79. The van der Waals surface area contributed by atoms with Crippen LogP contribution in [0.4, 0.5) is 5.69 Å². The van der Waals surface area contributed by atoms with Crippen LogP contribution in [0, 0.1) is 19.8 Å². The van der Waals surface area contributed by atoms with Gasteiger partial charge in [0.1, 0.15) is 0 Å². The van der Waals surface area contributed by atoms with Gasteiger partial charge in [0.2, 0.25) is 5.91 Å². The fourth-order valence-electron chi connectivity index (χ4n) is 3.55. The molecule has 0 atom stereocenters. The van der Waals surface area contributed by atoms with E-state index in [4.69, 9.17) is 0 Å². The second-order valence-electron chi connectivity index (χ2n) is 7.45. The summed E-state index contributed by atoms with van der Waals surface area (Å²) >= 11 is 0. The molecule has 4 heteroatoms. The molecule has 0 heterocycles. The van der Waals surface area contributed by atoms with Gasteiger partial charge in [0.25, 0.3) is 5.91 Å². The predicted octanol–water partition coefficient (Wildman–Crippen LogP) is 4.75. The highest BCUT2D eigenvalue weighted by Gasteiger charge is 2.20. The number of hydrogen-bond acceptors (Lipinski definition) is 2. The summed E-state index contributed by atoms with van der Waals surface area (Å²) in [5.41, 5.74) is 4.68.